The van der Waals surface area contributed by atoms with Gasteiger partial charge in [0, 0.05) is 12.6 Å². The lowest BCUT2D eigenvalue weighted by Gasteiger charge is -2.18. The first-order valence-electron chi connectivity index (χ1n) is 7.21. The fourth-order valence-corrected chi connectivity index (χ4v) is 1.88. The Morgan fingerprint density at radius 1 is 1.05 bits per heavy atom. The third-order valence-electron chi connectivity index (χ3n) is 3.55. The minimum atomic E-state index is -0.481. The number of hydrogen-bond acceptors (Lipinski definition) is 3. The van der Waals surface area contributed by atoms with Gasteiger partial charge in [0.25, 0.3) is 0 Å². The van der Waals surface area contributed by atoms with Crippen LogP contribution in [0.2, 0.25) is 0 Å². The molecule has 112 valence electrons. The highest BCUT2D eigenvalue weighted by atomic mass is 16.2. The number of benzene rings is 1. The van der Waals surface area contributed by atoms with Gasteiger partial charge in [-0.15, -0.1) is 0 Å². The Balaban J connectivity index is 2.54. The molecule has 1 rings (SSSR count). The average Bonchev–Trinajstić information content (AvgIpc) is 2.43. The van der Waals surface area contributed by atoms with E-state index < -0.39 is 6.04 Å². The first kappa shape index (κ1) is 16.7. The van der Waals surface area contributed by atoms with Crippen molar-refractivity contribution in [3.05, 3.63) is 35.4 Å². The number of amides is 1. The zero-order chi connectivity index (χ0) is 15.3. The van der Waals surface area contributed by atoms with Crippen molar-refractivity contribution < 1.29 is 4.79 Å². The predicted molar refractivity (Wildman–Crippen MR) is 83.3 cm³/mol. The summed E-state index contributed by atoms with van der Waals surface area (Å²) >= 11 is 0. The van der Waals surface area contributed by atoms with E-state index >= 15 is 0 Å². The van der Waals surface area contributed by atoms with E-state index in [2.05, 4.69) is 31.3 Å². The Labute approximate surface area is 121 Å². The number of hydrogen-bond donors (Lipinski definition) is 3. The summed E-state index contributed by atoms with van der Waals surface area (Å²) < 4.78 is 0. The van der Waals surface area contributed by atoms with Gasteiger partial charge >= 0.3 is 0 Å². The molecule has 0 saturated carbocycles. The molecular formula is C16H27N3O. The molecule has 0 saturated heterocycles. The zero-order valence-electron chi connectivity index (χ0n) is 12.9. The van der Waals surface area contributed by atoms with Crippen molar-refractivity contribution in [2.24, 2.45) is 17.4 Å². The Morgan fingerprint density at radius 2 is 1.55 bits per heavy atom. The number of carbonyl (C=O) groups excluding carboxylic acids is 1. The fourth-order valence-electron chi connectivity index (χ4n) is 1.88. The second kappa shape index (κ2) is 7.41. The Bertz CT molecular complexity index is 426. The zero-order valence-corrected chi connectivity index (χ0v) is 12.9. The van der Waals surface area contributed by atoms with Crippen molar-refractivity contribution in [3.63, 3.8) is 0 Å². The highest BCUT2D eigenvalue weighted by molar-refractivity contribution is 5.81. The highest BCUT2D eigenvalue weighted by Crippen LogP contribution is 2.17. The van der Waals surface area contributed by atoms with Crippen molar-refractivity contribution in [1.29, 1.82) is 0 Å². The van der Waals surface area contributed by atoms with Crippen molar-refractivity contribution >= 4 is 5.91 Å². The first-order chi connectivity index (χ1) is 9.32. The Hall–Kier alpha value is -1.39. The van der Waals surface area contributed by atoms with Crippen LogP contribution in [0, 0.1) is 5.92 Å². The number of nitrogens with two attached hydrogens (primary N) is 2. The van der Waals surface area contributed by atoms with Crippen LogP contribution in [0.1, 0.15) is 50.8 Å². The SMILES string of the molecule is CC(C)c1ccc(C(N)CNC(=O)[C@@H](N)C(C)C)cc1. The van der Waals surface area contributed by atoms with Gasteiger partial charge in [0.2, 0.25) is 5.91 Å². The van der Waals surface area contributed by atoms with Gasteiger partial charge in [-0.25, -0.2) is 0 Å². The van der Waals surface area contributed by atoms with Gasteiger partial charge in [0.05, 0.1) is 6.04 Å². The molecule has 0 aromatic heterocycles. The molecule has 0 aliphatic heterocycles. The summed E-state index contributed by atoms with van der Waals surface area (Å²) in [6.45, 7) is 8.56. The topological polar surface area (TPSA) is 81.1 Å². The summed E-state index contributed by atoms with van der Waals surface area (Å²) in [6.07, 6.45) is 0. The molecule has 0 fully saturated rings. The van der Waals surface area contributed by atoms with Crippen LogP contribution in [0.3, 0.4) is 0 Å². The van der Waals surface area contributed by atoms with Gasteiger partial charge in [0.15, 0.2) is 0 Å². The summed E-state index contributed by atoms with van der Waals surface area (Å²) in [5.74, 6) is 0.481. The molecule has 4 heteroatoms. The highest BCUT2D eigenvalue weighted by Gasteiger charge is 2.17. The maximum absolute atomic E-state index is 11.8. The van der Waals surface area contributed by atoms with E-state index in [1.54, 1.807) is 0 Å². The van der Waals surface area contributed by atoms with Crippen LogP contribution in [-0.4, -0.2) is 18.5 Å². The van der Waals surface area contributed by atoms with Crippen LogP contribution in [0.15, 0.2) is 24.3 Å². The molecule has 1 unspecified atom stereocenters. The third-order valence-corrected chi connectivity index (χ3v) is 3.55. The molecular weight excluding hydrogens is 250 g/mol. The maximum atomic E-state index is 11.8. The number of nitrogens with one attached hydrogen (secondary N) is 1. The first-order valence-corrected chi connectivity index (χ1v) is 7.21. The fraction of sp³-hybridized carbons (Fsp3) is 0.562. The summed E-state index contributed by atoms with van der Waals surface area (Å²) in [4.78, 5) is 11.8. The quantitative estimate of drug-likeness (QED) is 0.743. The van der Waals surface area contributed by atoms with Crippen molar-refractivity contribution in [3.8, 4) is 0 Å². The van der Waals surface area contributed by atoms with E-state index in [9.17, 15) is 4.79 Å². The van der Waals surface area contributed by atoms with Gasteiger partial charge in [-0.1, -0.05) is 52.0 Å². The van der Waals surface area contributed by atoms with Gasteiger partial charge in [-0.3, -0.25) is 4.79 Å². The average molecular weight is 277 g/mol. The van der Waals surface area contributed by atoms with Gasteiger partial charge in [-0.2, -0.15) is 0 Å². The van der Waals surface area contributed by atoms with Gasteiger partial charge in [-0.05, 0) is 23.0 Å². The molecule has 4 nitrogen and oxygen atoms in total. The number of carbonyl (C=O) groups is 1. The van der Waals surface area contributed by atoms with Gasteiger partial charge < -0.3 is 16.8 Å². The smallest absolute Gasteiger partial charge is 0.237 e. The van der Waals surface area contributed by atoms with E-state index in [-0.39, 0.29) is 17.9 Å². The van der Waals surface area contributed by atoms with E-state index in [0.29, 0.717) is 12.5 Å². The molecule has 5 N–H and O–H groups in total. The molecule has 1 aromatic rings. The van der Waals surface area contributed by atoms with Crippen LogP contribution >= 0.6 is 0 Å². The summed E-state index contributed by atoms with van der Waals surface area (Å²) in [5.41, 5.74) is 14.2. The molecule has 0 heterocycles. The van der Waals surface area contributed by atoms with Crippen LogP contribution in [0.4, 0.5) is 0 Å². The standard InChI is InChI=1S/C16H27N3O/c1-10(2)12-5-7-13(8-6-12)14(17)9-19-16(20)15(18)11(3)4/h5-8,10-11,14-15H,9,17-18H2,1-4H3,(H,19,20)/t14?,15-/m0/s1. The minimum Gasteiger partial charge on any atom is -0.353 e. The Kier molecular flexibility index (Phi) is 6.17. The van der Waals surface area contributed by atoms with Crippen molar-refractivity contribution in [2.75, 3.05) is 6.54 Å². The van der Waals surface area contributed by atoms with Crippen LogP contribution in [0.5, 0.6) is 0 Å². The second-order valence-corrected chi connectivity index (χ2v) is 5.94. The summed E-state index contributed by atoms with van der Waals surface area (Å²) in [6, 6.07) is 7.52. The lowest BCUT2D eigenvalue weighted by molar-refractivity contribution is -0.123. The molecule has 0 spiro atoms. The lowest BCUT2D eigenvalue weighted by Crippen LogP contribution is -2.45. The largest absolute Gasteiger partial charge is 0.353 e. The molecule has 0 radical (unpaired) electrons. The summed E-state index contributed by atoms with van der Waals surface area (Å²) in [7, 11) is 0. The van der Waals surface area contributed by atoms with Crippen molar-refractivity contribution in [2.45, 2.75) is 45.7 Å². The molecule has 1 amide bonds. The monoisotopic (exact) mass is 277 g/mol. The maximum Gasteiger partial charge on any atom is 0.237 e. The van der Waals surface area contributed by atoms with E-state index in [1.807, 2.05) is 26.0 Å². The van der Waals surface area contributed by atoms with E-state index in [0.717, 1.165) is 5.56 Å². The lowest BCUT2D eigenvalue weighted by atomic mass is 9.99. The molecule has 20 heavy (non-hydrogen) atoms. The molecule has 2 atom stereocenters. The van der Waals surface area contributed by atoms with Gasteiger partial charge in [0.1, 0.15) is 0 Å². The van der Waals surface area contributed by atoms with Crippen LogP contribution in [-0.2, 0) is 4.79 Å². The van der Waals surface area contributed by atoms with E-state index in [4.69, 9.17) is 11.5 Å². The molecule has 0 bridgehead atoms. The predicted octanol–water partition coefficient (Wildman–Crippen LogP) is 1.91. The molecule has 0 aliphatic rings. The molecule has 1 aromatic carbocycles. The normalized spacial score (nSPS) is 14.4. The van der Waals surface area contributed by atoms with E-state index in [1.165, 1.54) is 5.56 Å². The van der Waals surface area contributed by atoms with Crippen molar-refractivity contribution in [1.82, 2.24) is 5.32 Å². The second-order valence-electron chi connectivity index (χ2n) is 5.94. The Morgan fingerprint density at radius 3 is 2.00 bits per heavy atom. The minimum absolute atomic E-state index is 0.122. The number of rotatable bonds is 6. The third kappa shape index (κ3) is 4.62. The van der Waals surface area contributed by atoms with Crippen LogP contribution in [0.25, 0.3) is 0 Å². The van der Waals surface area contributed by atoms with Crippen LogP contribution < -0.4 is 16.8 Å². The summed E-state index contributed by atoms with van der Waals surface area (Å²) in [5, 5.41) is 2.81. The molecule has 0 aliphatic carbocycles.